The van der Waals surface area contributed by atoms with Crippen molar-refractivity contribution >= 4 is 11.6 Å². The van der Waals surface area contributed by atoms with Gasteiger partial charge in [-0.25, -0.2) is 0 Å². The van der Waals surface area contributed by atoms with Crippen molar-refractivity contribution in [3.63, 3.8) is 0 Å². The van der Waals surface area contributed by atoms with Gasteiger partial charge in [0.25, 0.3) is 5.91 Å². The quantitative estimate of drug-likeness (QED) is 0.830. The fourth-order valence-electron chi connectivity index (χ4n) is 2.15. The summed E-state index contributed by atoms with van der Waals surface area (Å²) in [5.41, 5.74) is 8.53. The van der Waals surface area contributed by atoms with Gasteiger partial charge in [0, 0.05) is 5.69 Å². The molecule has 2 rings (SSSR count). The van der Waals surface area contributed by atoms with Gasteiger partial charge in [0.05, 0.1) is 6.04 Å². The maximum atomic E-state index is 11.9. The molecular formula is C17H20N2O2. The highest BCUT2D eigenvalue weighted by Gasteiger charge is 2.11. The third-order valence-electron chi connectivity index (χ3n) is 3.28. The molecule has 2 aromatic rings. The predicted molar refractivity (Wildman–Crippen MR) is 84.1 cm³/mol. The second-order valence-corrected chi connectivity index (χ2v) is 5.00. The van der Waals surface area contributed by atoms with Gasteiger partial charge in [-0.2, -0.15) is 0 Å². The van der Waals surface area contributed by atoms with Crippen molar-refractivity contribution in [3.8, 4) is 5.75 Å². The molecule has 0 bridgehead atoms. The summed E-state index contributed by atoms with van der Waals surface area (Å²) in [5.74, 6) is 0.477. The SMILES string of the molecule is Cc1ccccc1C(C)NC(=O)COc1ccc(N)cc1. The number of benzene rings is 2. The molecule has 0 fully saturated rings. The Kier molecular flexibility index (Phi) is 4.82. The second-order valence-electron chi connectivity index (χ2n) is 5.00. The van der Waals surface area contributed by atoms with E-state index < -0.39 is 0 Å². The normalized spacial score (nSPS) is 11.7. The van der Waals surface area contributed by atoms with Gasteiger partial charge in [-0.1, -0.05) is 24.3 Å². The Labute approximate surface area is 124 Å². The minimum absolute atomic E-state index is 0.0138. The third kappa shape index (κ3) is 4.24. The Morgan fingerprint density at radius 2 is 1.86 bits per heavy atom. The first-order valence-corrected chi connectivity index (χ1v) is 6.89. The summed E-state index contributed by atoms with van der Waals surface area (Å²) in [6.07, 6.45) is 0. The first-order valence-electron chi connectivity index (χ1n) is 6.89. The molecule has 0 aliphatic heterocycles. The molecule has 4 nitrogen and oxygen atoms in total. The Morgan fingerprint density at radius 1 is 1.19 bits per heavy atom. The molecular weight excluding hydrogens is 264 g/mol. The van der Waals surface area contributed by atoms with E-state index in [1.54, 1.807) is 24.3 Å². The minimum Gasteiger partial charge on any atom is -0.484 e. The molecule has 0 saturated carbocycles. The molecule has 110 valence electrons. The van der Waals surface area contributed by atoms with Crippen molar-refractivity contribution in [1.29, 1.82) is 0 Å². The zero-order chi connectivity index (χ0) is 15.2. The molecule has 1 unspecified atom stereocenters. The Hall–Kier alpha value is -2.49. The number of nitrogens with two attached hydrogens (primary N) is 1. The lowest BCUT2D eigenvalue weighted by Gasteiger charge is -2.16. The molecule has 1 atom stereocenters. The number of ether oxygens (including phenoxy) is 1. The number of carbonyl (C=O) groups excluding carboxylic acids is 1. The largest absolute Gasteiger partial charge is 0.484 e. The fourth-order valence-corrected chi connectivity index (χ4v) is 2.15. The molecule has 0 saturated heterocycles. The van der Waals surface area contributed by atoms with Crippen LogP contribution in [0.25, 0.3) is 0 Å². The van der Waals surface area contributed by atoms with Crippen molar-refractivity contribution < 1.29 is 9.53 Å². The molecule has 0 aromatic heterocycles. The number of anilines is 1. The molecule has 4 heteroatoms. The number of nitrogens with one attached hydrogen (secondary N) is 1. The molecule has 0 aliphatic rings. The average molecular weight is 284 g/mol. The van der Waals surface area contributed by atoms with Crippen LogP contribution in [0.4, 0.5) is 5.69 Å². The van der Waals surface area contributed by atoms with Crippen LogP contribution in [0.5, 0.6) is 5.75 Å². The van der Waals surface area contributed by atoms with E-state index in [1.165, 1.54) is 0 Å². The number of nitrogen functional groups attached to an aromatic ring is 1. The van der Waals surface area contributed by atoms with Crippen LogP contribution in [0.3, 0.4) is 0 Å². The first-order chi connectivity index (χ1) is 10.1. The van der Waals surface area contributed by atoms with Crippen molar-refractivity contribution in [2.75, 3.05) is 12.3 Å². The summed E-state index contributed by atoms with van der Waals surface area (Å²) in [4.78, 5) is 11.9. The average Bonchev–Trinajstić information content (AvgIpc) is 2.47. The van der Waals surface area contributed by atoms with Crippen LogP contribution in [0, 0.1) is 6.92 Å². The molecule has 21 heavy (non-hydrogen) atoms. The van der Waals surface area contributed by atoms with E-state index in [0.29, 0.717) is 11.4 Å². The summed E-state index contributed by atoms with van der Waals surface area (Å²) in [5, 5.41) is 2.93. The van der Waals surface area contributed by atoms with Crippen LogP contribution >= 0.6 is 0 Å². The zero-order valence-corrected chi connectivity index (χ0v) is 12.3. The number of rotatable bonds is 5. The smallest absolute Gasteiger partial charge is 0.258 e. The van der Waals surface area contributed by atoms with Gasteiger partial charge >= 0.3 is 0 Å². The van der Waals surface area contributed by atoms with Crippen molar-refractivity contribution in [2.24, 2.45) is 0 Å². The molecule has 1 amide bonds. The van der Waals surface area contributed by atoms with Gasteiger partial charge in [-0.15, -0.1) is 0 Å². The topological polar surface area (TPSA) is 64.3 Å². The Balaban J connectivity index is 1.87. The van der Waals surface area contributed by atoms with Gasteiger partial charge in [0.1, 0.15) is 5.75 Å². The predicted octanol–water partition coefficient (Wildman–Crippen LogP) is 2.83. The minimum atomic E-state index is -0.150. The van der Waals surface area contributed by atoms with Gasteiger partial charge < -0.3 is 15.8 Å². The van der Waals surface area contributed by atoms with Gasteiger partial charge in [0.2, 0.25) is 0 Å². The van der Waals surface area contributed by atoms with Crippen molar-refractivity contribution in [2.45, 2.75) is 19.9 Å². The third-order valence-corrected chi connectivity index (χ3v) is 3.28. The van der Waals surface area contributed by atoms with E-state index in [9.17, 15) is 4.79 Å². The molecule has 0 radical (unpaired) electrons. The van der Waals surface area contributed by atoms with Crippen LogP contribution < -0.4 is 15.8 Å². The number of carbonyl (C=O) groups is 1. The fraction of sp³-hybridized carbons (Fsp3) is 0.235. The molecule has 0 spiro atoms. The van der Waals surface area contributed by atoms with E-state index in [0.717, 1.165) is 11.1 Å². The molecule has 3 N–H and O–H groups in total. The number of hydrogen-bond donors (Lipinski definition) is 2. The van der Waals surface area contributed by atoms with Crippen molar-refractivity contribution in [1.82, 2.24) is 5.32 Å². The second kappa shape index (κ2) is 6.79. The van der Waals surface area contributed by atoms with Crippen LogP contribution in [-0.4, -0.2) is 12.5 Å². The Morgan fingerprint density at radius 3 is 2.52 bits per heavy atom. The summed E-state index contributed by atoms with van der Waals surface area (Å²) < 4.78 is 5.42. The zero-order valence-electron chi connectivity index (χ0n) is 12.3. The summed E-state index contributed by atoms with van der Waals surface area (Å²) in [6.45, 7) is 3.98. The standard InChI is InChI=1S/C17H20N2O2/c1-12-5-3-4-6-16(12)13(2)19-17(20)11-21-15-9-7-14(18)8-10-15/h3-10,13H,11,18H2,1-2H3,(H,19,20). The van der Waals surface area contributed by atoms with Crippen LogP contribution in [0.15, 0.2) is 48.5 Å². The van der Waals surface area contributed by atoms with E-state index in [4.69, 9.17) is 10.5 Å². The van der Waals surface area contributed by atoms with Crippen LogP contribution in [0.1, 0.15) is 24.1 Å². The van der Waals surface area contributed by atoms with Gasteiger partial charge in [0.15, 0.2) is 6.61 Å². The van der Waals surface area contributed by atoms with Gasteiger partial charge in [-0.05, 0) is 49.2 Å². The van der Waals surface area contributed by atoms with Crippen LogP contribution in [0.2, 0.25) is 0 Å². The van der Waals surface area contributed by atoms with E-state index in [-0.39, 0.29) is 18.6 Å². The number of aryl methyl sites for hydroxylation is 1. The molecule has 0 heterocycles. The highest BCUT2D eigenvalue weighted by atomic mass is 16.5. The monoisotopic (exact) mass is 284 g/mol. The highest BCUT2D eigenvalue weighted by molar-refractivity contribution is 5.78. The number of amides is 1. The lowest BCUT2D eigenvalue weighted by Crippen LogP contribution is -2.31. The molecule has 2 aromatic carbocycles. The summed E-state index contributed by atoms with van der Waals surface area (Å²) >= 11 is 0. The highest BCUT2D eigenvalue weighted by Crippen LogP contribution is 2.17. The van der Waals surface area contributed by atoms with Gasteiger partial charge in [-0.3, -0.25) is 4.79 Å². The first kappa shape index (κ1) is 14.9. The summed E-state index contributed by atoms with van der Waals surface area (Å²) in [6, 6.07) is 14.9. The lowest BCUT2D eigenvalue weighted by molar-refractivity contribution is -0.123. The van der Waals surface area contributed by atoms with Crippen molar-refractivity contribution in [3.05, 3.63) is 59.7 Å². The maximum Gasteiger partial charge on any atom is 0.258 e. The summed E-state index contributed by atoms with van der Waals surface area (Å²) in [7, 11) is 0. The van der Waals surface area contributed by atoms with E-state index >= 15 is 0 Å². The lowest BCUT2D eigenvalue weighted by atomic mass is 10.0. The van der Waals surface area contributed by atoms with Crippen LogP contribution in [-0.2, 0) is 4.79 Å². The van der Waals surface area contributed by atoms with E-state index in [2.05, 4.69) is 5.32 Å². The maximum absolute atomic E-state index is 11.9. The number of hydrogen-bond acceptors (Lipinski definition) is 3. The molecule has 0 aliphatic carbocycles. The van der Waals surface area contributed by atoms with E-state index in [1.807, 2.05) is 38.1 Å². The Bertz CT molecular complexity index is 608.